The van der Waals surface area contributed by atoms with Crippen LogP contribution in [0.2, 0.25) is 0 Å². The Bertz CT molecular complexity index is 1310. The van der Waals surface area contributed by atoms with E-state index in [9.17, 15) is 9.18 Å². The SMILES string of the molecule is CC(=O)Oc1ccc2c(c1)CCN(c1nc(Nc3ccc(F)cc3)nc(C)c1C)C2C.c1ccsc1. The van der Waals surface area contributed by atoms with Gasteiger partial charge in [0.15, 0.2) is 0 Å². The minimum absolute atomic E-state index is 0.0989. The molecule has 0 bridgehead atoms. The lowest BCUT2D eigenvalue weighted by Gasteiger charge is -2.37. The van der Waals surface area contributed by atoms with E-state index in [0.29, 0.717) is 11.7 Å². The molecule has 0 amide bonds. The molecule has 8 heteroatoms. The molecule has 5 rings (SSSR count). The summed E-state index contributed by atoms with van der Waals surface area (Å²) in [6.45, 7) is 8.32. The normalized spacial score (nSPS) is 14.4. The third-order valence-corrected chi connectivity index (χ3v) is 6.71. The lowest BCUT2D eigenvalue weighted by atomic mass is 9.93. The Hall–Kier alpha value is -3.78. The number of esters is 1. The first-order valence-electron chi connectivity index (χ1n) is 11.7. The molecular formula is C28H29FN4O2S. The highest BCUT2D eigenvalue weighted by atomic mass is 32.1. The largest absolute Gasteiger partial charge is 0.427 e. The monoisotopic (exact) mass is 504 g/mol. The van der Waals surface area contributed by atoms with Gasteiger partial charge in [-0.25, -0.2) is 9.37 Å². The van der Waals surface area contributed by atoms with Gasteiger partial charge in [0.1, 0.15) is 17.4 Å². The fourth-order valence-corrected chi connectivity index (χ4v) is 4.62. The van der Waals surface area contributed by atoms with Gasteiger partial charge in [-0.3, -0.25) is 4.79 Å². The van der Waals surface area contributed by atoms with E-state index in [1.54, 1.807) is 23.5 Å². The highest BCUT2D eigenvalue weighted by Crippen LogP contribution is 2.36. The van der Waals surface area contributed by atoms with E-state index in [1.807, 2.05) is 54.9 Å². The number of rotatable bonds is 4. The van der Waals surface area contributed by atoms with Crippen LogP contribution < -0.4 is 15.0 Å². The topological polar surface area (TPSA) is 67.3 Å². The molecule has 4 aromatic rings. The number of carbonyl (C=O) groups is 1. The van der Waals surface area contributed by atoms with Crippen LogP contribution in [0.15, 0.2) is 65.4 Å². The van der Waals surface area contributed by atoms with E-state index in [2.05, 4.69) is 22.1 Å². The molecule has 3 heterocycles. The molecule has 0 radical (unpaired) electrons. The quantitative estimate of drug-likeness (QED) is 0.244. The van der Waals surface area contributed by atoms with Gasteiger partial charge in [-0.15, -0.1) is 0 Å². The van der Waals surface area contributed by atoms with Gasteiger partial charge in [-0.1, -0.05) is 18.2 Å². The number of aromatic nitrogens is 2. The minimum Gasteiger partial charge on any atom is -0.427 e. The first kappa shape index (κ1) is 25.3. The van der Waals surface area contributed by atoms with Crippen molar-refractivity contribution in [1.82, 2.24) is 9.97 Å². The van der Waals surface area contributed by atoms with E-state index in [-0.39, 0.29) is 17.8 Å². The summed E-state index contributed by atoms with van der Waals surface area (Å²) < 4.78 is 18.4. The summed E-state index contributed by atoms with van der Waals surface area (Å²) in [6, 6.07) is 16.1. The smallest absolute Gasteiger partial charge is 0.308 e. The summed E-state index contributed by atoms with van der Waals surface area (Å²) in [5, 5.41) is 7.26. The second-order valence-electron chi connectivity index (χ2n) is 8.58. The van der Waals surface area contributed by atoms with Crippen molar-refractivity contribution in [2.45, 2.75) is 40.2 Å². The van der Waals surface area contributed by atoms with Crippen molar-refractivity contribution in [3.8, 4) is 5.75 Å². The second-order valence-corrected chi connectivity index (χ2v) is 9.40. The van der Waals surface area contributed by atoms with Crippen molar-refractivity contribution in [2.75, 3.05) is 16.8 Å². The lowest BCUT2D eigenvalue weighted by Crippen LogP contribution is -2.35. The van der Waals surface area contributed by atoms with Crippen LogP contribution in [0.25, 0.3) is 0 Å². The van der Waals surface area contributed by atoms with Crippen molar-refractivity contribution >= 4 is 34.8 Å². The van der Waals surface area contributed by atoms with E-state index < -0.39 is 0 Å². The number of hydrogen-bond donors (Lipinski definition) is 1. The summed E-state index contributed by atoms with van der Waals surface area (Å²) in [7, 11) is 0. The van der Waals surface area contributed by atoms with Crippen molar-refractivity contribution in [3.05, 3.63) is 93.6 Å². The number of aryl methyl sites for hydroxylation is 1. The molecule has 1 aliphatic heterocycles. The van der Waals surface area contributed by atoms with E-state index >= 15 is 0 Å². The Morgan fingerprint density at radius 1 is 1.11 bits per heavy atom. The number of benzene rings is 2. The zero-order valence-electron chi connectivity index (χ0n) is 20.8. The zero-order chi connectivity index (χ0) is 25.7. The Balaban J connectivity index is 0.000000543. The number of fused-ring (bicyclic) bond motifs is 1. The van der Waals surface area contributed by atoms with Crippen molar-refractivity contribution in [1.29, 1.82) is 0 Å². The average Bonchev–Trinajstić information content (AvgIpc) is 3.43. The predicted octanol–water partition coefficient (Wildman–Crippen LogP) is 6.77. The number of ether oxygens (including phenoxy) is 1. The van der Waals surface area contributed by atoms with Gasteiger partial charge >= 0.3 is 5.97 Å². The van der Waals surface area contributed by atoms with Crippen LogP contribution in [0.1, 0.15) is 42.3 Å². The van der Waals surface area contributed by atoms with Gasteiger partial charge in [0.05, 0.1) is 6.04 Å². The molecule has 1 atom stereocenters. The number of hydrogen-bond acceptors (Lipinski definition) is 7. The van der Waals surface area contributed by atoms with Gasteiger partial charge in [0, 0.05) is 30.4 Å². The van der Waals surface area contributed by atoms with Crippen molar-refractivity contribution in [3.63, 3.8) is 0 Å². The molecule has 0 spiro atoms. The summed E-state index contributed by atoms with van der Waals surface area (Å²) in [4.78, 5) is 22.9. The molecule has 0 fully saturated rings. The summed E-state index contributed by atoms with van der Waals surface area (Å²) in [5.41, 5.74) is 5.00. The molecule has 186 valence electrons. The first-order chi connectivity index (χ1) is 17.3. The number of nitrogens with zero attached hydrogens (tertiary/aromatic N) is 3. The number of anilines is 3. The maximum absolute atomic E-state index is 13.2. The van der Waals surface area contributed by atoms with Crippen LogP contribution in [-0.2, 0) is 11.2 Å². The molecule has 0 aliphatic carbocycles. The second kappa shape index (κ2) is 11.3. The van der Waals surface area contributed by atoms with Crippen LogP contribution in [0.3, 0.4) is 0 Å². The standard InChI is InChI=1S/C24H25FN4O2.C4H4S/c1-14-15(2)26-24(27-20-7-5-19(25)6-8-20)28-23(14)29-12-11-18-13-21(31-17(4)30)9-10-22(18)16(29)3;1-2-4-5-3-1/h5-10,13,16H,11-12H2,1-4H3,(H,26,27,28);1-4H. The van der Waals surface area contributed by atoms with Gasteiger partial charge < -0.3 is 15.0 Å². The van der Waals surface area contributed by atoms with Crippen molar-refractivity contribution in [2.24, 2.45) is 0 Å². The Labute approximate surface area is 214 Å². The fourth-order valence-electron chi connectivity index (χ4n) is 4.17. The number of nitrogens with one attached hydrogen (secondary N) is 1. The van der Waals surface area contributed by atoms with Crippen LogP contribution in [-0.4, -0.2) is 22.5 Å². The van der Waals surface area contributed by atoms with E-state index in [4.69, 9.17) is 9.72 Å². The average molecular weight is 505 g/mol. The molecule has 2 aromatic heterocycles. The van der Waals surface area contributed by atoms with Crippen LogP contribution >= 0.6 is 11.3 Å². The fraction of sp³-hybridized carbons (Fsp3) is 0.250. The highest BCUT2D eigenvalue weighted by molar-refractivity contribution is 7.07. The van der Waals surface area contributed by atoms with Crippen LogP contribution in [0.5, 0.6) is 5.75 Å². The minimum atomic E-state index is -0.321. The van der Waals surface area contributed by atoms with Gasteiger partial charge in [0.25, 0.3) is 0 Å². The molecular weight excluding hydrogens is 475 g/mol. The van der Waals surface area contributed by atoms with Gasteiger partial charge in [-0.05, 0) is 85.5 Å². The Morgan fingerprint density at radius 2 is 1.83 bits per heavy atom. The molecule has 1 N–H and O–H groups in total. The molecule has 6 nitrogen and oxygen atoms in total. The summed E-state index contributed by atoms with van der Waals surface area (Å²) in [5.74, 6) is 1.32. The maximum Gasteiger partial charge on any atom is 0.308 e. The Morgan fingerprint density at radius 3 is 2.47 bits per heavy atom. The number of thiophene rings is 1. The van der Waals surface area contributed by atoms with E-state index in [0.717, 1.165) is 35.7 Å². The lowest BCUT2D eigenvalue weighted by molar-refractivity contribution is -0.131. The molecule has 2 aromatic carbocycles. The third kappa shape index (κ3) is 6.07. The Kier molecular flexibility index (Phi) is 7.95. The number of halogens is 1. The predicted molar refractivity (Wildman–Crippen MR) is 143 cm³/mol. The zero-order valence-corrected chi connectivity index (χ0v) is 21.6. The van der Waals surface area contributed by atoms with Gasteiger partial charge in [0.2, 0.25) is 5.95 Å². The summed E-state index contributed by atoms with van der Waals surface area (Å²) in [6.07, 6.45) is 0.817. The van der Waals surface area contributed by atoms with Gasteiger partial charge in [-0.2, -0.15) is 16.3 Å². The first-order valence-corrected chi connectivity index (χ1v) is 12.7. The molecule has 36 heavy (non-hydrogen) atoms. The molecule has 1 aliphatic rings. The van der Waals surface area contributed by atoms with Crippen LogP contribution in [0, 0.1) is 19.7 Å². The van der Waals surface area contributed by atoms with Crippen LogP contribution in [0.4, 0.5) is 21.8 Å². The third-order valence-electron chi connectivity index (χ3n) is 6.08. The molecule has 0 saturated carbocycles. The highest BCUT2D eigenvalue weighted by Gasteiger charge is 2.27. The van der Waals surface area contributed by atoms with Crippen molar-refractivity contribution < 1.29 is 13.9 Å². The maximum atomic E-state index is 13.2. The molecule has 0 saturated heterocycles. The van der Waals surface area contributed by atoms with E-state index in [1.165, 1.54) is 30.2 Å². The summed E-state index contributed by atoms with van der Waals surface area (Å²) >= 11 is 1.71. The number of carbonyl (C=O) groups excluding carboxylic acids is 1. The molecule has 1 unspecified atom stereocenters.